The number of benzene rings is 2. The minimum Gasteiger partial charge on any atom is -0.357 e. The van der Waals surface area contributed by atoms with Crippen LogP contribution in [0.5, 0.6) is 0 Å². The summed E-state index contributed by atoms with van der Waals surface area (Å²) in [6.45, 7) is 6.40. The Kier molecular flexibility index (Phi) is 10.6. The van der Waals surface area contributed by atoms with Gasteiger partial charge in [-0.1, -0.05) is 42.5 Å². The molecular weight excluding hydrogens is 386 g/mol. The molecular formula is C25H37N5O. The number of hydrogen-bond donors (Lipinski definition) is 2. The number of rotatable bonds is 11. The number of nitrogens with zero attached hydrogens (tertiary/aromatic N) is 3. The first kappa shape index (κ1) is 24.4. The normalized spacial score (nSPS) is 11.5. The smallest absolute Gasteiger partial charge is 0.253 e. The SMILES string of the molecule is CCNC(=NCCCN(C)Cc1ccccc1)NCCc1cccc(C(=O)N(C)C)c1. The van der Waals surface area contributed by atoms with Crippen molar-refractivity contribution in [2.45, 2.75) is 26.3 Å². The Hall–Kier alpha value is -2.86. The van der Waals surface area contributed by atoms with E-state index in [4.69, 9.17) is 4.99 Å². The maximum Gasteiger partial charge on any atom is 0.253 e. The molecule has 0 spiro atoms. The van der Waals surface area contributed by atoms with Crippen LogP contribution >= 0.6 is 0 Å². The average molecular weight is 424 g/mol. The standard InChI is InChI=1S/C25H37N5O/c1-5-26-25(27-16-10-18-30(4)20-22-11-7-6-8-12-22)28-17-15-21-13-9-14-23(19-21)24(31)29(2)3/h6-9,11-14,19H,5,10,15-18,20H2,1-4H3,(H2,26,27,28). The van der Waals surface area contributed by atoms with Gasteiger partial charge in [0.15, 0.2) is 5.96 Å². The molecule has 0 bridgehead atoms. The number of carbonyl (C=O) groups excluding carboxylic acids is 1. The molecule has 0 saturated carbocycles. The van der Waals surface area contributed by atoms with E-state index < -0.39 is 0 Å². The van der Waals surface area contributed by atoms with Crippen molar-refractivity contribution in [1.29, 1.82) is 0 Å². The summed E-state index contributed by atoms with van der Waals surface area (Å²) in [6, 6.07) is 18.4. The minimum atomic E-state index is 0.0296. The second-order valence-corrected chi connectivity index (χ2v) is 7.91. The summed E-state index contributed by atoms with van der Waals surface area (Å²) >= 11 is 0. The van der Waals surface area contributed by atoms with Crippen LogP contribution < -0.4 is 10.6 Å². The van der Waals surface area contributed by atoms with Crippen molar-refractivity contribution in [3.63, 3.8) is 0 Å². The summed E-state index contributed by atoms with van der Waals surface area (Å²) in [5, 5.41) is 6.70. The number of nitrogens with one attached hydrogen (secondary N) is 2. The van der Waals surface area contributed by atoms with Crippen LogP contribution in [0, 0.1) is 0 Å². The first-order valence-corrected chi connectivity index (χ1v) is 11.0. The molecule has 0 aliphatic carbocycles. The van der Waals surface area contributed by atoms with E-state index in [1.807, 2.05) is 24.3 Å². The van der Waals surface area contributed by atoms with Crippen molar-refractivity contribution in [1.82, 2.24) is 20.4 Å². The fraction of sp³-hybridized carbons (Fsp3) is 0.440. The van der Waals surface area contributed by atoms with Crippen molar-refractivity contribution in [2.24, 2.45) is 4.99 Å². The highest BCUT2D eigenvalue weighted by Crippen LogP contribution is 2.08. The Balaban J connectivity index is 1.76. The molecule has 0 aliphatic rings. The Bertz CT molecular complexity index is 820. The molecule has 0 saturated heterocycles. The van der Waals surface area contributed by atoms with E-state index in [1.54, 1.807) is 19.0 Å². The summed E-state index contributed by atoms with van der Waals surface area (Å²) in [5.74, 6) is 0.871. The van der Waals surface area contributed by atoms with Gasteiger partial charge in [-0.3, -0.25) is 9.79 Å². The van der Waals surface area contributed by atoms with Crippen LogP contribution in [0.25, 0.3) is 0 Å². The van der Waals surface area contributed by atoms with Crippen molar-refractivity contribution < 1.29 is 4.79 Å². The van der Waals surface area contributed by atoms with Gasteiger partial charge in [0.2, 0.25) is 0 Å². The summed E-state index contributed by atoms with van der Waals surface area (Å²) in [4.78, 5) is 20.8. The molecule has 0 heterocycles. The van der Waals surface area contributed by atoms with Crippen molar-refractivity contribution >= 4 is 11.9 Å². The molecule has 0 unspecified atom stereocenters. The molecule has 168 valence electrons. The Morgan fingerprint density at radius 2 is 1.71 bits per heavy atom. The van der Waals surface area contributed by atoms with Gasteiger partial charge < -0.3 is 20.4 Å². The number of carbonyl (C=O) groups is 1. The Morgan fingerprint density at radius 3 is 2.42 bits per heavy atom. The number of hydrogen-bond acceptors (Lipinski definition) is 3. The van der Waals surface area contributed by atoms with Crippen LogP contribution in [0.4, 0.5) is 0 Å². The molecule has 2 aromatic carbocycles. The van der Waals surface area contributed by atoms with E-state index in [-0.39, 0.29) is 5.91 Å². The minimum absolute atomic E-state index is 0.0296. The van der Waals surface area contributed by atoms with Gasteiger partial charge in [-0.15, -0.1) is 0 Å². The second kappa shape index (κ2) is 13.4. The van der Waals surface area contributed by atoms with Gasteiger partial charge in [-0.2, -0.15) is 0 Å². The van der Waals surface area contributed by atoms with Gasteiger partial charge in [0.25, 0.3) is 5.91 Å². The maximum atomic E-state index is 12.1. The van der Waals surface area contributed by atoms with Crippen LogP contribution in [-0.2, 0) is 13.0 Å². The highest BCUT2D eigenvalue weighted by atomic mass is 16.2. The highest BCUT2D eigenvalue weighted by molar-refractivity contribution is 5.94. The molecule has 31 heavy (non-hydrogen) atoms. The van der Waals surface area contributed by atoms with Crippen LogP contribution in [-0.4, -0.2) is 69.0 Å². The third-order valence-electron chi connectivity index (χ3n) is 4.89. The highest BCUT2D eigenvalue weighted by Gasteiger charge is 2.08. The van der Waals surface area contributed by atoms with Gasteiger partial charge in [0.1, 0.15) is 0 Å². The molecule has 0 atom stereocenters. The topological polar surface area (TPSA) is 60.0 Å². The first-order chi connectivity index (χ1) is 15.0. The zero-order valence-electron chi connectivity index (χ0n) is 19.4. The second-order valence-electron chi connectivity index (χ2n) is 7.91. The molecule has 0 radical (unpaired) electrons. The quantitative estimate of drug-likeness (QED) is 0.331. The van der Waals surface area contributed by atoms with E-state index in [2.05, 4.69) is 59.8 Å². The molecule has 6 heteroatoms. The van der Waals surface area contributed by atoms with Gasteiger partial charge in [-0.05, 0) is 56.6 Å². The summed E-state index contributed by atoms with van der Waals surface area (Å²) in [7, 11) is 5.69. The van der Waals surface area contributed by atoms with Crippen LogP contribution in [0.3, 0.4) is 0 Å². The Morgan fingerprint density at radius 1 is 0.968 bits per heavy atom. The molecule has 2 N–H and O–H groups in total. The van der Waals surface area contributed by atoms with E-state index in [1.165, 1.54) is 5.56 Å². The maximum absolute atomic E-state index is 12.1. The predicted octanol–water partition coefficient (Wildman–Crippen LogP) is 3.01. The van der Waals surface area contributed by atoms with Gasteiger partial charge >= 0.3 is 0 Å². The summed E-state index contributed by atoms with van der Waals surface area (Å²) < 4.78 is 0. The lowest BCUT2D eigenvalue weighted by Crippen LogP contribution is -2.38. The number of amides is 1. The van der Waals surface area contributed by atoms with Gasteiger partial charge in [0.05, 0.1) is 0 Å². The molecule has 1 amide bonds. The average Bonchev–Trinajstić information content (AvgIpc) is 2.77. The zero-order chi connectivity index (χ0) is 22.5. The van der Waals surface area contributed by atoms with Crippen molar-refractivity contribution in [3.8, 4) is 0 Å². The molecule has 0 aromatic heterocycles. The van der Waals surface area contributed by atoms with E-state index in [0.29, 0.717) is 0 Å². The predicted molar refractivity (Wildman–Crippen MR) is 130 cm³/mol. The lowest BCUT2D eigenvalue weighted by Gasteiger charge is -2.16. The van der Waals surface area contributed by atoms with Crippen molar-refractivity contribution in [2.75, 3.05) is 47.3 Å². The summed E-state index contributed by atoms with van der Waals surface area (Å²) in [5.41, 5.74) is 3.20. The first-order valence-electron chi connectivity index (χ1n) is 11.0. The fourth-order valence-electron chi connectivity index (χ4n) is 3.29. The van der Waals surface area contributed by atoms with Gasteiger partial charge in [0, 0.05) is 45.8 Å². The number of guanidine groups is 1. The van der Waals surface area contributed by atoms with E-state index in [0.717, 1.165) is 62.7 Å². The van der Waals surface area contributed by atoms with E-state index >= 15 is 0 Å². The van der Waals surface area contributed by atoms with Crippen LogP contribution in [0.2, 0.25) is 0 Å². The molecule has 0 aliphatic heterocycles. The van der Waals surface area contributed by atoms with E-state index in [9.17, 15) is 4.79 Å². The fourth-order valence-corrected chi connectivity index (χ4v) is 3.29. The zero-order valence-corrected chi connectivity index (χ0v) is 19.4. The largest absolute Gasteiger partial charge is 0.357 e. The third kappa shape index (κ3) is 9.22. The van der Waals surface area contributed by atoms with Crippen molar-refractivity contribution in [3.05, 3.63) is 71.3 Å². The van der Waals surface area contributed by atoms with Crippen LogP contribution in [0.1, 0.15) is 34.8 Å². The number of aliphatic imine (C=N–C) groups is 1. The lowest BCUT2D eigenvalue weighted by molar-refractivity contribution is 0.0827. The van der Waals surface area contributed by atoms with Crippen LogP contribution in [0.15, 0.2) is 59.6 Å². The molecule has 6 nitrogen and oxygen atoms in total. The lowest BCUT2D eigenvalue weighted by atomic mass is 10.1. The molecule has 2 rings (SSSR count). The molecule has 0 fully saturated rings. The van der Waals surface area contributed by atoms with Gasteiger partial charge in [-0.25, -0.2) is 0 Å². The summed E-state index contributed by atoms with van der Waals surface area (Å²) in [6.07, 6.45) is 1.84. The Labute approximate surface area is 187 Å². The monoisotopic (exact) mass is 423 g/mol. The molecule has 2 aromatic rings. The third-order valence-corrected chi connectivity index (χ3v) is 4.89.